The zero-order chi connectivity index (χ0) is 14.8. The summed E-state index contributed by atoms with van der Waals surface area (Å²) in [6.07, 6.45) is -0.316. The first-order valence-electron chi connectivity index (χ1n) is 7.26. The lowest BCUT2D eigenvalue weighted by Crippen LogP contribution is -2.29. The number of hydrogen-bond acceptors (Lipinski definition) is 3. The molecule has 1 fully saturated rings. The Labute approximate surface area is 121 Å². The molecular formula is C17H26O3. The van der Waals surface area contributed by atoms with Crippen LogP contribution >= 0.6 is 0 Å². The molecule has 4 atom stereocenters. The molecule has 1 N–H and O–H groups in total. The number of hydrogen-bond donors (Lipinski definition) is 1. The van der Waals surface area contributed by atoms with Gasteiger partial charge in [0.15, 0.2) is 0 Å². The summed E-state index contributed by atoms with van der Waals surface area (Å²) >= 11 is 0. The second-order valence-electron chi connectivity index (χ2n) is 6.77. The van der Waals surface area contributed by atoms with Gasteiger partial charge in [-0.3, -0.25) is 0 Å². The van der Waals surface area contributed by atoms with Crippen LogP contribution in [0.4, 0.5) is 0 Å². The van der Waals surface area contributed by atoms with E-state index in [0.29, 0.717) is 25.2 Å². The maximum atomic E-state index is 10.6. The highest BCUT2D eigenvalue weighted by molar-refractivity contribution is 5.29. The lowest BCUT2D eigenvalue weighted by atomic mass is 9.85. The predicted octanol–water partition coefficient (Wildman–Crippen LogP) is 3.04. The Kier molecular flexibility index (Phi) is 4.84. The van der Waals surface area contributed by atoms with Gasteiger partial charge >= 0.3 is 0 Å². The summed E-state index contributed by atoms with van der Waals surface area (Å²) < 4.78 is 10.5. The van der Waals surface area contributed by atoms with Gasteiger partial charge in [0.05, 0.1) is 12.7 Å². The Morgan fingerprint density at radius 2 is 1.85 bits per heavy atom. The topological polar surface area (TPSA) is 38.7 Å². The SMILES string of the molecule is COCOC[C@@H]1[C@@H](c2ccccc2)[C@@H]1C(O)C(C)(C)C. The maximum absolute atomic E-state index is 10.6. The normalized spacial score (nSPS) is 27.4. The van der Waals surface area contributed by atoms with Crippen molar-refractivity contribution < 1.29 is 14.6 Å². The van der Waals surface area contributed by atoms with Crippen LogP contribution in [-0.2, 0) is 9.47 Å². The van der Waals surface area contributed by atoms with E-state index in [4.69, 9.17) is 9.47 Å². The molecule has 1 aliphatic rings. The molecule has 112 valence electrons. The van der Waals surface area contributed by atoms with Gasteiger partial charge in [0.25, 0.3) is 0 Å². The third-order valence-corrected chi connectivity index (χ3v) is 4.18. The first-order chi connectivity index (χ1) is 9.46. The molecule has 0 radical (unpaired) electrons. The van der Waals surface area contributed by atoms with Crippen LogP contribution in [0.3, 0.4) is 0 Å². The summed E-state index contributed by atoms with van der Waals surface area (Å²) in [6.45, 7) is 7.23. The second kappa shape index (κ2) is 6.25. The van der Waals surface area contributed by atoms with Gasteiger partial charge in [0.2, 0.25) is 0 Å². The molecule has 20 heavy (non-hydrogen) atoms. The second-order valence-corrected chi connectivity index (χ2v) is 6.77. The Bertz CT molecular complexity index is 410. The van der Waals surface area contributed by atoms with Crippen LogP contribution in [0.25, 0.3) is 0 Å². The molecule has 0 heterocycles. The van der Waals surface area contributed by atoms with E-state index in [9.17, 15) is 5.11 Å². The van der Waals surface area contributed by atoms with Crippen LogP contribution in [0, 0.1) is 17.3 Å². The number of aliphatic hydroxyl groups is 1. The van der Waals surface area contributed by atoms with E-state index < -0.39 is 0 Å². The highest BCUT2D eigenvalue weighted by Gasteiger charge is 2.56. The number of methoxy groups -OCH3 is 1. The van der Waals surface area contributed by atoms with Gasteiger partial charge in [0.1, 0.15) is 6.79 Å². The van der Waals surface area contributed by atoms with Gasteiger partial charge in [-0.15, -0.1) is 0 Å². The molecule has 3 nitrogen and oxygen atoms in total. The molecule has 3 heteroatoms. The van der Waals surface area contributed by atoms with Crippen molar-refractivity contribution in [3.05, 3.63) is 35.9 Å². The zero-order valence-corrected chi connectivity index (χ0v) is 12.9. The third kappa shape index (κ3) is 3.40. The van der Waals surface area contributed by atoms with Gasteiger partial charge in [0, 0.05) is 7.11 Å². The molecule has 1 aromatic rings. The Balaban J connectivity index is 2.08. The van der Waals surface area contributed by atoms with Crippen LogP contribution < -0.4 is 0 Å². The van der Waals surface area contributed by atoms with Gasteiger partial charge < -0.3 is 14.6 Å². The van der Waals surface area contributed by atoms with Crippen molar-refractivity contribution in [2.75, 3.05) is 20.5 Å². The monoisotopic (exact) mass is 278 g/mol. The fourth-order valence-corrected chi connectivity index (χ4v) is 3.04. The van der Waals surface area contributed by atoms with E-state index in [2.05, 4.69) is 45.0 Å². The van der Waals surface area contributed by atoms with Gasteiger partial charge in [-0.25, -0.2) is 0 Å². The Morgan fingerprint density at radius 1 is 1.20 bits per heavy atom. The largest absolute Gasteiger partial charge is 0.392 e. The molecule has 0 aromatic heterocycles. The molecule has 0 saturated heterocycles. The Hall–Kier alpha value is -0.900. The minimum Gasteiger partial charge on any atom is -0.392 e. The molecule has 1 unspecified atom stereocenters. The van der Waals surface area contributed by atoms with Gasteiger partial charge in [-0.2, -0.15) is 0 Å². The average Bonchev–Trinajstić information content (AvgIpc) is 3.12. The third-order valence-electron chi connectivity index (χ3n) is 4.18. The van der Waals surface area contributed by atoms with Crippen molar-refractivity contribution in [2.24, 2.45) is 17.3 Å². The van der Waals surface area contributed by atoms with Crippen molar-refractivity contribution in [2.45, 2.75) is 32.8 Å². The number of ether oxygens (including phenoxy) is 2. The van der Waals surface area contributed by atoms with E-state index in [1.807, 2.05) is 6.07 Å². The van der Waals surface area contributed by atoms with Crippen molar-refractivity contribution >= 4 is 0 Å². The summed E-state index contributed by atoms with van der Waals surface area (Å²) in [4.78, 5) is 0. The van der Waals surface area contributed by atoms with E-state index in [1.165, 1.54) is 5.56 Å². The molecule has 0 bridgehead atoms. The number of aliphatic hydroxyl groups excluding tert-OH is 1. The highest BCUT2D eigenvalue weighted by atomic mass is 16.7. The lowest BCUT2D eigenvalue weighted by Gasteiger charge is -2.26. The summed E-state index contributed by atoms with van der Waals surface area (Å²) in [5.74, 6) is 1.04. The summed E-state index contributed by atoms with van der Waals surface area (Å²) in [5.41, 5.74) is 1.19. The van der Waals surface area contributed by atoms with E-state index in [0.717, 1.165) is 0 Å². The summed E-state index contributed by atoms with van der Waals surface area (Å²) in [6, 6.07) is 10.4. The molecule has 0 amide bonds. The van der Waals surface area contributed by atoms with Crippen LogP contribution in [0.15, 0.2) is 30.3 Å². The molecule has 0 aliphatic heterocycles. The fraction of sp³-hybridized carbons (Fsp3) is 0.647. The van der Waals surface area contributed by atoms with Crippen LogP contribution in [0.5, 0.6) is 0 Å². The smallest absolute Gasteiger partial charge is 0.146 e. The molecule has 0 spiro atoms. The first kappa shape index (κ1) is 15.5. The molecular weight excluding hydrogens is 252 g/mol. The van der Waals surface area contributed by atoms with E-state index in [1.54, 1.807) is 7.11 Å². The van der Waals surface area contributed by atoms with Crippen molar-refractivity contribution in [1.29, 1.82) is 0 Å². The zero-order valence-electron chi connectivity index (χ0n) is 12.9. The number of benzene rings is 1. The van der Waals surface area contributed by atoms with Crippen molar-refractivity contribution in [3.8, 4) is 0 Å². The van der Waals surface area contributed by atoms with Crippen molar-refractivity contribution in [1.82, 2.24) is 0 Å². The fourth-order valence-electron chi connectivity index (χ4n) is 3.04. The quantitative estimate of drug-likeness (QED) is 0.642. The highest BCUT2D eigenvalue weighted by Crippen LogP contribution is 2.58. The van der Waals surface area contributed by atoms with Gasteiger partial charge in [-0.1, -0.05) is 51.1 Å². The Morgan fingerprint density at radius 3 is 2.40 bits per heavy atom. The van der Waals surface area contributed by atoms with E-state index in [-0.39, 0.29) is 17.4 Å². The van der Waals surface area contributed by atoms with Crippen LogP contribution in [0.2, 0.25) is 0 Å². The molecule has 1 aromatic carbocycles. The molecule has 1 saturated carbocycles. The lowest BCUT2D eigenvalue weighted by molar-refractivity contribution is -0.0403. The molecule has 2 rings (SSSR count). The van der Waals surface area contributed by atoms with Crippen LogP contribution in [-0.4, -0.2) is 31.7 Å². The first-order valence-corrected chi connectivity index (χ1v) is 7.26. The van der Waals surface area contributed by atoms with E-state index >= 15 is 0 Å². The molecule has 1 aliphatic carbocycles. The minimum atomic E-state index is -0.316. The minimum absolute atomic E-state index is 0.103. The average molecular weight is 278 g/mol. The summed E-state index contributed by atoms with van der Waals surface area (Å²) in [7, 11) is 1.63. The van der Waals surface area contributed by atoms with Gasteiger partial charge in [-0.05, 0) is 28.7 Å². The summed E-state index contributed by atoms with van der Waals surface area (Å²) in [5, 5.41) is 10.6. The standard InChI is InChI=1S/C17H26O3/c1-17(2,3)16(18)15-13(10-20-11-19-4)14(15)12-8-6-5-7-9-12/h5-9,13-16,18H,10-11H2,1-4H3/t13-,14-,15-,16?/m1/s1. The predicted molar refractivity (Wildman–Crippen MR) is 79.5 cm³/mol. The maximum Gasteiger partial charge on any atom is 0.146 e. The van der Waals surface area contributed by atoms with Crippen molar-refractivity contribution in [3.63, 3.8) is 0 Å². The van der Waals surface area contributed by atoms with Crippen LogP contribution in [0.1, 0.15) is 32.3 Å². The number of rotatable bonds is 6.